The second-order valence-electron chi connectivity index (χ2n) is 3.59. The van der Waals surface area contributed by atoms with Crippen LogP contribution in [-0.2, 0) is 4.74 Å². The lowest BCUT2D eigenvalue weighted by Crippen LogP contribution is -2.03. The zero-order chi connectivity index (χ0) is 12.7. The van der Waals surface area contributed by atoms with Gasteiger partial charge in [0, 0.05) is 6.07 Å². The smallest absolute Gasteiger partial charge is 0.338 e. The Kier molecular flexibility index (Phi) is 5.33. The number of hydrogen-bond donors (Lipinski definition) is 0. The molecule has 0 saturated heterocycles. The predicted octanol–water partition coefficient (Wildman–Crippen LogP) is 2.66. The first-order chi connectivity index (χ1) is 8.21. The minimum absolute atomic E-state index is 0.399. The molecule has 4 heteroatoms. The van der Waals surface area contributed by atoms with Crippen molar-refractivity contribution in [2.45, 2.75) is 19.8 Å². The van der Waals surface area contributed by atoms with Crippen molar-refractivity contribution in [2.24, 2.45) is 0 Å². The van der Waals surface area contributed by atoms with Crippen molar-refractivity contribution in [1.82, 2.24) is 0 Å². The minimum atomic E-state index is -0.399. The number of hydrogen-bond acceptors (Lipinski definition) is 4. The van der Waals surface area contributed by atoms with Crippen LogP contribution in [0.4, 0.5) is 0 Å². The third kappa shape index (κ3) is 3.98. The average Bonchev–Trinajstić information content (AvgIpc) is 2.37. The summed E-state index contributed by atoms with van der Waals surface area (Å²) in [6.07, 6.45) is 2.04. The molecule has 0 bridgehead atoms. The highest BCUT2D eigenvalue weighted by Gasteiger charge is 2.09. The second kappa shape index (κ2) is 6.78. The molecule has 94 valence electrons. The van der Waals surface area contributed by atoms with Gasteiger partial charge in [0.2, 0.25) is 0 Å². The van der Waals surface area contributed by atoms with Gasteiger partial charge in [-0.25, -0.2) is 4.79 Å². The zero-order valence-electron chi connectivity index (χ0n) is 10.5. The van der Waals surface area contributed by atoms with Crippen LogP contribution in [0.25, 0.3) is 0 Å². The molecule has 0 spiro atoms. The summed E-state index contributed by atoms with van der Waals surface area (Å²) in [7, 11) is 2.89. The van der Waals surface area contributed by atoms with Gasteiger partial charge in [-0.1, -0.05) is 13.3 Å². The third-order valence-corrected chi connectivity index (χ3v) is 2.30. The molecule has 0 aromatic heterocycles. The molecule has 1 rings (SSSR count). The van der Waals surface area contributed by atoms with E-state index in [1.54, 1.807) is 25.3 Å². The molecule has 0 fully saturated rings. The van der Waals surface area contributed by atoms with Crippen molar-refractivity contribution in [2.75, 3.05) is 20.8 Å². The lowest BCUT2D eigenvalue weighted by molar-refractivity contribution is 0.0599. The lowest BCUT2D eigenvalue weighted by atomic mass is 10.2. The van der Waals surface area contributed by atoms with Crippen molar-refractivity contribution in [3.05, 3.63) is 23.8 Å². The standard InChI is InChI=1S/C13H18O4/c1-4-5-6-17-12-8-10(13(14)16-3)7-11(9-12)15-2/h7-9H,4-6H2,1-3H3. The predicted molar refractivity (Wildman–Crippen MR) is 64.7 cm³/mol. The highest BCUT2D eigenvalue weighted by Crippen LogP contribution is 2.23. The Morgan fingerprint density at radius 1 is 1.18 bits per heavy atom. The maximum atomic E-state index is 11.4. The molecular weight excluding hydrogens is 220 g/mol. The average molecular weight is 238 g/mol. The molecule has 0 atom stereocenters. The summed E-state index contributed by atoms with van der Waals surface area (Å²) in [6, 6.07) is 5.03. The summed E-state index contributed by atoms with van der Waals surface area (Å²) in [5, 5.41) is 0. The molecule has 4 nitrogen and oxygen atoms in total. The van der Waals surface area contributed by atoms with E-state index in [0.29, 0.717) is 23.7 Å². The molecule has 0 saturated carbocycles. The van der Waals surface area contributed by atoms with Crippen molar-refractivity contribution in [3.63, 3.8) is 0 Å². The zero-order valence-corrected chi connectivity index (χ0v) is 10.5. The number of esters is 1. The third-order valence-electron chi connectivity index (χ3n) is 2.30. The number of carbonyl (C=O) groups excluding carboxylic acids is 1. The quantitative estimate of drug-likeness (QED) is 0.564. The summed E-state index contributed by atoms with van der Waals surface area (Å²) in [6.45, 7) is 2.72. The Balaban J connectivity index is 2.85. The van der Waals surface area contributed by atoms with E-state index in [1.807, 2.05) is 0 Å². The number of methoxy groups -OCH3 is 2. The van der Waals surface area contributed by atoms with Crippen molar-refractivity contribution >= 4 is 5.97 Å². The Morgan fingerprint density at radius 3 is 2.47 bits per heavy atom. The van der Waals surface area contributed by atoms with E-state index in [4.69, 9.17) is 9.47 Å². The molecule has 0 radical (unpaired) electrons. The molecule has 0 aliphatic rings. The molecular formula is C13H18O4. The van der Waals surface area contributed by atoms with Crippen LogP contribution in [0, 0.1) is 0 Å². The molecule has 1 aromatic rings. The van der Waals surface area contributed by atoms with Crippen LogP contribution in [0.3, 0.4) is 0 Å². The molecule has 0 heterocycles. The maximum absolute atomic E-state index is 11.4. The fourth-order valence-electron chi connectivity index (χ4n) is 1.34. The van der Waals surface area contributed by atoms with E-state index in [9.17, 15) is 4.79 Å². The van der Waals surface area contributed by atoms with Gasteiger partial charge in [0.15, 0.2) is 0 Å². The second-order valence-corrected chi connectivity index (χ2v) is 3.59. The summed E-state index contributed by atoms with van der Waals surface area (Å²) in [5.41, 5.74) is 0.429. The van der Waals surface area contributed by atoms with Gasteiger partial charge in [0.25, 0.3) is 0 Å². The molecule has 0 amide bonds. The van der Waals surface area contributed by atoms with Gasteiger partial charge in [0.05, 0.1) is 26.4 Å². The Bertz CT molecular complexity index is 374. The normalized spacial score (nSPS) is 9.82. The fourth-order valence-corrected chi connectivity index (χ4v) is 1.34. The highest BCUT2D eigenvalue weighted by molar-refractivity contribution is 5.90. The maximum Gasteiger partial charge on any atom is 0.338 e. The summed E-state index contributed by atoms with van der Waals surface area (Å²) in [5.74, 6) is 0.807. The SMILES string of the molecule is CCCCOc1cc(OC)cc(C(=O)OC)c1. The van der Waals surface area contributed by atoms with Gasteiger partial charge in [-0.15, -0.1) is 0 Å². The van der Waals surface area contributed by atoms with Crippen LogP contribution in [-0.4, -0.2) is 26.8 Å². The molecule has 0 unspecified atom stereocenters. The Morgan fingerprint density at radius 2 is 1.88 bits per heavy atom. The van der Waals surface area contributed by atoms with E-state index in [1.165, 1.54) is 7.11 Å². The van der Waals surface area contributed by atoms with Crippen LogP contribution >= 0.6 is 0 Å². The first kappa shape index (κ1) is 13.4. The molecule has 0 N–H and O–H groups in total. The monoisotopic (exact) mass is 238 g/mol. The summed E-state index contributed by atoms with van der Waals surface area (Å²) in [4.78, 5) is 11.4. The van der Waals surface area contributed by atoms with Gasteiger partial charge in [-0.2, -0.15) is 0 Å². The van der Waals surface area contributed by atoms with E-state index in [-0.39, 0.29) is 0 Å². The van der Waals surface area contributed by atoms with Crippen molar-refractivity contribution in [3.8, 4) is 11.5 Å². The first-order valence-corrected chi connectivity index (χ1v) is 5.61. The van der Waals surface area contributed by atoms with E-state index < -0.39 is 5.97 Å². The Hall–Kier alpha value is -1.71. The summed E-state index contributed by atoms with van der Waals surface area (Å²) < 4.78 is 15.3. The van der Waals surface area contributed by atoms with Crippen LogP contribution in [0.15, 0.2) is 18.2 Å². The largest absolute Gasteiger partial charge is 0.497 e. The number of rotatable bonds is 6. The molecule has 0 aliphatic heterocycles. The van der Waals surface area contributed by atoms with Crippen molar-refractivity contribution in [1.29, 1.82) is 0 Å². The minimum Gasteiger partial charge on any atom is -0.497 e. The number of carbonyl (C=O) groups is 1. The van der Waals surface area contributed by atoms with Crippen LogP contribution in [0.2, 0.25) is 0 Å². The summed E-state index contributed by atoms with van der Waals surface area (Å²) >= 11 is 0. The Labute approximate surface area is 101 Å². The van der Waals surface area contributed by atoms with Crippen LogP contribution in [0.1, 0.15) is 30.1 Å². The molecule has 17 heavy (non-hydrogen) atoms. The van der Waals surface area contributed by atoms with Crippen LogP contribution in [0.5, 0.6) is 11.5 Å². The van der Waals surface area contributed by atoms with Gasteiger partial charge in [0.1, 0.15) is 11.5 Å². The van der Waals surface area contributed by atoms with E-state index >= 15 is 0 Å². The van der Waals surface area contributed by atoms with E-state index in [2.05, 4.69) is 11.7 Å². The number of ether oxygens (including phenoxy) is 3. The highest BCUT2D eigenvalue weighted by atomic mass is 16.5. The van der Waals surface area contributed by atoms with Gasteiger partial charge >= 0.3 is 5.97 Å². The van der Waals surface area contributed by atoms with Crippen molar-refractivity contribution < 1.29 is 19.0 Å². The number of unbranched alkanes of at least 4 members (excludes halogenated alkanes) is 1. The molecule has 0 aliphatic carbocycles. The van der Waals surface area contributed by atoms with Crippen LogP contribution < -0.4 is 9.47 Å². The van der Waals surface area contributed by atoms with Gasteiger partial charge < -0.3 is 14.2 Å². The fraction of sp³-hybridized carbons (Fsp3) is 0.462. The lowest BCUT2D eigenvalue weighted by Gasteiger charge is -2.09. The topological polar surface area (TPSA) is 44.8 Å². The van der Waals surface area contributed by atoms with E-state index in [0.717, 1.165) is 12.8 Å². The van der Waals surface area contributed by atoms with Gasteiger partial charge in [-0.05, 0) is 18.6 Å². The first-order valence-electron chi connectivity index (χ1n) is 5.61. The number of benzene rings is 1. The molecule has 1 aromatic carbocycles. The van der Waals surface area contributed by atoms with Gasteiger partial charge in [-0.3, -0.25) is 0 Å².